The van der Waals surface area contributed by atoms with Gasteiger partial charge in [0, 0.05) is 12.0 Å². The van der Waals surface area contributed by atoms with Crippen molar-refractivity contribution in [1.82, 2.24) is 0 Å². The van der Waals surface area contributed by atoms with Crippen LogP contribution in [-0.2, 0) is 20.8 Å². The molecule has 21 heavy (non-hydrogen) atoms. The zero-order valence-electron chi connectivity index (χ0n) is 11.6. The van der Waals surface area contributed by atoms with Crippen molar-refractivity contribution in [2.24, 2.45) is 5.16 Å². The summed E-state index contributed by atoms with van der Waals surface area (Å²) in [7, 11) is -3.88. The first kappa shape index (κ1) is 13.9. The zero-order valence-corrected chi connectivity index (χ0v) is 12.4. The summed E-state index contributed by atoms with van der Waals surface area (Å²) in [6, 6.07) is 8.25. The van der Waals surface area contributed by atoms with Gasteiger partial charge in [-0.1, -0.05) is 22.9 Å². The summed E-state index contributed by atoms with van der Waals surface area (Å²) < 4.78 is 34.3. The number of benzene rings is 1. The van der Waals surface area contributed by atoms with Crippen molar-refractivity contribution >= 4 is 15.8 Å². The lowest BCUT2D eigenvalue weighted by atomic mass is 9.97. The first-order valence-corrected chi connectivity index (χ1v) is 8.11. The van der Waals surface area contributed by atoms with Gasteiger partial charge in [-0.15, -0.1) is 0 Å². The van der Waals surface area contributed by atoms with Gasteiger partial charge in [0.05, 0.1) is 12.0 Å². The third-order valence-electron chi connectivity index (χ3n) is 3.43. The second-order valence-electron chi connectivity index (χ2n) is 4.99. The first-order chi connectivity index (χ1) is 10.1. The Balaban J connectivity index is 1.85. The van der Waals surface area contributed by atoms with E-state index in [1.54, 1.807) is 24.5 Å². The van der Waals surface area contributed by atoms with Gasteiger partial charge in [-0.05, 0) is 38.0 Å². The molecule has 0 radical (unpaired) electrons. The van der Waals surface area contributed by atoms with Crippen LogP contribution in [0.1, 0.15) is 29.7 Å². The molecule has 0 bridgehead atoms. The summed E-state index contributed by atoms with van der Waals surface area (Å²) in [5.74, 6) is 0.830. The van der Waals surface area contributed by atoms with Gasteiger partial charge in [-0.25, -0.2) is 0 Å². The summed E-state index contributed by atoms with van der Waals surface area (Å²) in [6.07, 6.45) is 3.97. The predicted octanol–water partition coefficient (Wildman–Crippen LogP) is 3.03. The Kier molecular flexibility index (Phi) is 3.55. The maximum absolute atomic E-state index is 12.1. The maximum Gasteiger partial charge on any atom is 0.358 e. The van der Waals surface area contributed by atoms with Crippen LogP contribution in [0.3, 0.4) is 0 Å². The Morgan fingerprint density at radius 1 is 1.14 bits per heavy atom. The third-order valence-corrected chi connectivity index (χ3v) is 4.55. The SMILES string of the molecule is Cc1ccc(S(=O)(=O)O/N=C2/CCCc3occc32)cc1. The molecule has 1 aliphatic rings. The van der Waals surface area contributed by atoms with Gasteiger partial charge >= 0.3 is 10.1 Å². The minimum atomic E-state index is -3.88. The summed E-state index contributed by atoms with van der Waals surface area (Å²) in [5, 5.41) is 3.84. The molecule has 6 heteroatoms. The van der Waals surface area contributed by atoms with Crippen molar-refractivity contribution in [1.29, 1.82) is 0 Å². The molecule has 0 N–H and O–H groups in total. The number of oxime groups is 1. The van der Waals surface area contributed by atoms with E-state index in [1.807, 2.05) is 6.92 Å². The second-order valence-corrected chi connectivity index (χ2v) is 6.52. The van der Waals surface area contributed by atoms with Gasteiger partial charge in [0.25, 0.3) is 0 Å². The van der Waals surface area contributed by atoms with Gasteiger partial charge in [-0.2, -0.15) is 8.42 Å². The monoisotopic (exact) mass is 305 g/mol. The molecule has 1 aromatic heterocycles. The number of rotatable bonds is 3. The molecule has 5 nitrogen and oxygen atoms in total. The van der Waals surface area contributed by atoms with Crippen LogP contribution in [0.25, 0.3) is 0 Å². The Labute approximate surface area is 123 Å². The molecule has 2 aromatic rings. The van der Waals surface area contributed by atoms with E-state index in [1.165, 1.54) is 12.1 Å². The molecule has 0 atom stereocenters. The lowest BCUT2D eigenvalue weighted by Crippen LogP contribution is -2.12. The molecule has 0 fully saturated rings. The van der Waals surface area contributed by atoms with Gasteiger partial charge < -0.3 is 4.42 Å². The number of nitrogens with zero attached hydrogens (tertiary/aromatic N) is 1. The normalized spacial score (nSPS) is 16.7. The maximum atomic E-state index is 12.1. The minimum absolute atomic E-state index is 0.0978. The lowest BCUT2D eigenvalue weighted by Gasteiger charge is -2.11. The summed E-state index contributed by atoms with van der Waals surface area (Å²) in [5.41, 5.74) is 2.43. The zero-order chi connectivity index (χ0) is 14.9. The van der Waals surface area contributed by atoms with E-state index in [-0.39, 0.29) is 4.90 Å². The van der Waals surface area contributed by atoms with Crippen molar-refractivity contribution in [3.05, 3.63) is 53.5 Å². The summed E-state index contributed by atoms with van der Waals surface area (Å²) >= 11 is 0. The number of furan rings is 1. The summed E-state index contributed by atoms with van der Waals surface area (Å²) in [4.78, 5) is 0.0978. The minimum Gasteiger partial charge on any atom is -0.469 e. The molecule has 0 spiro atoms. The van der Waals surface area contributed by atoms with Crippen molar-refractivity contribution in [2.45, 2.75) is 31.1 Å². The highest BCUT2D eigenvalue weighted by Crippen LogP contribution is 2.23. The predicted molar refractivity (Wildman–Crippen MR) is 77.6 cm³/mol. The molecule has 1 aliphatic carbocycles. The molecule has 1 heterocycles. The number of aryl methyl sites for hydroxylation is 2. The van der Waals surface area contributed by atoms with Gasteiger partial charge in [0.15, 0.2) is 0 Å². The standard InChI is InChI=1S/C15H15NO4S/c1-11-5-7-12(8-6-11)21(17,18)20-16-14-3-2-4-15-13(14)9-10-19-15/h5-10H,2-4H2,1H3/b16-14-. The fourth-order valence-electron chi connectivity index (χ4n) is 2.28. The first-order valence-electron chi connectivity index (χ1n) is 6.70. The van der Waals surface area contributed by atoms with Crippen LogP contribution in [-0.4, -0.2) is 14.1 Å². The van der Waals surface area contributed by atoms with Crippen LogP contribution in [0, 0.1) is 6.92 Å². The van der Waals surface area contributed by atoms with E-state index in [2.05, 4.69) is 5.16 Å². The van der Waals surface area contributed by atoms with Crippen LogP contribution in [0.2, 0.25) is 0 Å². The lowest BCUT2D eigenvalue weighted by molar-refractivity contribution is 0.337. The highest BCUT2D eigenvalue weighted by molar-refractivity contribution is 7.86. The molecule has 110 valence electrons. The van der Waals surface area contributed by atoms with Gasteiger partial charge in [0.1, 0.15) is 10.7 Å². The van der Waals surface area contributed by atoms with E-state index in [0.717, 1.165) is 29.7 Å². The van der Waals surface area contributed by atoms with Crippen molar-refractivity contribution in [2.75, 3.05) is 0 Å². The van der Waals surface area contributed by atoms with E-state index < -0.39 is 10.1 Å². The van der Waals surface area contributed by atoms with Crippen LogP contribution in [0.5, 0.6) is 0 Å². The molecule has 3 rings (SSSR count). The van der Waals surface area contributed by atoms with Crippen molar-refractivity contribution < 1.29 is 17.1 Å². The Bertz CT molecular complexity index is 772. The van der Waals surface area contributed by atoms with Crippen LogP contribution >= 0.6 is 0 Å². The highest BCUT2D eigenvalue weighted by atomic mass is 32.2. The topological polar surface area (TPSA) is 68.9 Å². The smallest absolute Gasteiger partial charge is 0.358 e. The fraction of sp³-hybridized carbons (Fsp3) is 0.267. The molecule has 0 unspecified atom stereocenters. The molecule has 0 aliphatic heterocycles. The van der Waals surface area contributed by atoms with Gasteiger partial charge in [-0.3, -0.25) is 4.28 Å². The number of fused-ring (bicyclic) bond motifs is 1. The number of hydrogen-bond donors (Lipinski definition) is 0. The Morgan fingerprint density at radius 3 is 2.67 bits per heavy atom. The van der Waals surface area contributed by atoms with Crippen molar-refractivity contribution in [3.63, 3.8) is 0 Å². The van der Waals surface area contributed by atoms with E-state index in [4.69, 9.17) is 8.70 Å². The van der Waals surface area contributed by atoms with Crippen LogP contribution < -0.4 is 0 Å². The molecule has 0 amide bonds. The number of hydrogen-bond acceptors (Lipinski definition) is 5. The van der Waals surface area contributed by atoms with Crippen LogP contribution in [0.15, 0.2) is 51.1 Å². The summed E-state index contributed by atoms with van der Waals surface area (Å²) in [6.45, 7) is 1.89. The largest absolute Gasteiger partial charge is 0.469 e. The second kappa shape index (κ2) is 5.37. The van der Waals surface area contributed by atoms with Gasteiger partial charge in [0.2, 0.25) is 0 Å². The average Bonchev–Trinajstić information content (AvgIpc) is 2.94. The highest BCUT2D eigenvalue weighted by Gasteiger charge is 2.21. The molecule has 1 aromatic carbocycles. The quantitative estimate of drug-likeness (QED) is 0.817. The molecular weight excluding hydrogens is 290 g/mol. The van der Waals surface area contributed by atoms with Crippen LogP contribution in [0.4, 0.5) is 0 Å². The van der Waals surface area contributed by atoms with E-state index in [9.17, 15) is 8.42 Å². The third kappa shape index (κ3) is 2.85. The average molecular weight is 305 g/mol. The molecule has 0 saturated carbocycles. The van der Waals surface area contributed by atoms with E-state index in [0.29, 0.717) is 12.1 Å². The van der Waals surface area contributed by atoms with E-state index >= 15 is 0 Å². The molecule has 0 saturated heterocycles. The fourth-order valence-corrected chi connectivity index (χ4v) is 3.02. The molecular formula is C15H15NO4S. The Morgan fingerprint density at radius 2 is 1.90 bits per heavy atom. The Hall–Kier alpha value is -2.08. The van der Waals surface area contributed by atoms with Crippen molar-refractivity contribution in [3.8, 4) is 0 Å².